The van der Waals surface area contributed by atoms with Crippen molar-refractivity contribution in [1.29, 1.82) is 0 Å². The van der Waals surface area contributed by atoms with Gasteiger partial charge in [-0.25, -0.2) is 0 Å². The summed E-state index contributed by atoms with van der Waals surface area (Å²) in [5.41, 5.74) is 4.58. The Kier molecular flexibility index (Phi) is 5.10. The molecule has 2 aliphatic rings. The molecule has 0 saturated carbocycles. The number of carbonyl (C=O) groups excluding carboxylic acids is 1. The number of aliphatic hydroxyl groups excluding tert-OH is 1. The lowest BCUT2D eigenvalue weighted by Gasteiger charge is -2.28. The number of hydrogen-bond donors (Lipinski definition) is 1. The van der Waals surface area contributed by atoms with Gasteiger partial charge in [-0.1, -0.05) is 74.5 Å². The number of amides is 1. The van der Waals surface area contributed by atoms with Crippen LogP contribution < -0.4 is 9.47 Å². The molecule has 3 aromatic carbocycles. The number of carbonyl (C=O) groups is 1. The topological polar surface area (TPSA) is 59.0 Å². The third kappa shape index (κ3) is 3.50. The second-order valence-electron chi connectivity index (χ2n) is 8.47. The summed E-state index contributed by atoms with van der Waals surface area (Å²) in [4.78, 5) is 15.0. The van der Waals surface area contributed by atoms with Gasteiger partial charge in [-0.3, -0.25) is 4.79 Å². The summed E-state index contributed by atoms with van der Waals surface area (Å²) < 4.78 is 10.9. The van der Waals surface area contributed by atoms with Gasteiger partial charge >= 0.3 is 0 Å². The number of ether oxygens (including phenoxy) is 2. The van der Waals surface area contributed by atoms with Crippen molar-refractivity contribution in [2.45, 2.75) is 32.4 Å². The quantitative estimate of drug-likeness (QED) is 0.577. The molecule has 32 heavy (non-hydrogen) atoms. The molecule has 0 aromatic heterocycles. The molecule has 1 N–H and O–H groups in total. The van der Waals surface area contributed by atoms with E-state index in [0.717, 1.165) is 16.7 Å². The summed E-state index contributed by atoms with van der Waals surface area (Å²) in [7, 11) is 0. The number of aliphatic hydroxyl groups is 1. The van der Waals surface area contributed by atoms with Crippen LogP contribution >= 0.6 is 0 Å². The van der Waals surface area contributed by atoms with Gasteiger partial charge < -0.3 is 19.5 Å². The zero-order valence-electron chi connectivity index (χ0n) is 18.1. The van der Waals surface area contributed by atoms with Gasteiger partial charge in [0.1, 0.15) is 0 Å². The van der Waals surface area contributed by atoms with Crippen molar-refractivity contribution in [3.63, 3.8) is 0 Å². The lowest BCUT2D eigenvalue weighted by Crippen LogP contribution is -2.29. The number of rotatable bonds is 5. The van der Waals surface area contributed by atoms with Gasteiger partial charge in [-0.05, 0) is 40.3 Å². The van der Waals surface area contributed by atoms with E-state index in [4.69, 9.17) is 9.47 Å². The molecule has 0 bridgehead atoms. The van der Waals surface area contributed by atoms with Gasteiger partial charge in [0.05, 0.1) is 6.04 Å². The van der Waals surface area contributed by atoms with Crippen molar-refractivity contribution in [2.75, 3.05) is 6.79 Å². The maximum atomic E-state index is 13.2. The molecule has 5 rings (SSSR count). The van der Waals surface area contributed by atoms with E-state index < -0.39 is 6.04 Å². The molecule has 0 unspecified atom stereocenters. The molecule has 5 heteroatoms. The monoisotopic (exact) mass is 427 g/mol. The van der Waals surface area contributed by atoms with Crippen molar-refractivity contribution in [2.24, 2.45) is 0 Å². The first-order chi connectivity index (χ1) is 15.5. The van der Waals surface area contributed by atoms with Crippen LogP contribution in [-0.4, -0.2) is 22.7 Å². The zero-order valence-corrected chi connectivity index (χ0v) is 18.1. The molecule has 3 aromatic rings. The third-order valence-electron chi connectivity index (χ3n) is 6.10. The summed E-state index contributed by atoms with van der Waals surface area (Å²) in [5.74, 6) is 1.21. The minimum atomic E-state index is -0.392. The largest absolute Gasteiger partial charge is 0.503 e. The normalized spacial score (nSPS) is 17.5. The van der Waals surface area contributed by atoms with E-state index in [1.165, 1.54) is 5.56 Å². The Labute approximate surface area is 187 Å². The highest BCUT2D eigenvalue weighted by Gasteiger charge is 2.41. The molecular formula is C27H25NO4. The lowest BCUT2D eigenvalue weighted by molar-refractivity contribution is -0.130. The summed E-state index contributed by atoms with van der Waals surface area (Å²) in [5, 5.41) is 10.9. The Bertz CT molecular complexity index is 1180. The predicted molar refractivity (Wildman–Crippen MR) is 122 cm³/mol. The fourth-order valence-corrected chi connectivity index (χ4v) is 4.38. The van der Waals surface area contributed by atoms with Crippen LogP contribution in [0.5, 0.6) is 11.5 Å². The molecule has 0 spiro atoms. The van der Waals surface area contributed by atoms with E-state index in [0.29, 0.717) is 29.5 Å². The van der Waals surface area contributed by atoms with E-state index >= 15 is 0 Å². The first-order valence-electron chi connectivity index (χ1n) is 10.8. The second-order valence-corrected chi connectivity index (χ2v) is 8.47. The average Bonchev–Trinajstić information content (AvgIpc) is 3.37. The molecule has 2 heterocycles. The van der Waals surface area contributed by atoms with Crippen LogP contribution in [0.25, 0.3) is 5.57 Å². The minimum Gasteiger partial charge on any atom is -0.503 e. The van der Waals surface area contributed by atoms with Crippen LogP contribution in [0, 0.1) is 0 Å². The molecule has 0 saturated heterocycles. The Morgan fingerprint density at radius 1 is 0.969 bits per heavy atom. The Hall–Kier alpha value is -3.73. The minimum absolute atomic E-state index is 0.199. The Morgan fingerprint density at radius 3 is 2.41 bits per heavy atom. The van der Waals surface area contributed by atoms with Gasteiger partial charge in [0.2, 0.25) is 6.79 Å². The van der Waals surface area contributed by atoms with Crippen LogP contribution in [0.15, 0.2) is 78.6 Å². The molecule has 5 nitrogen and oxygen atoms in total. The molecule has 0 aliphatic carbocycles. The fourth-order valence-electron chi connectivity index (χ4n) is 4.38. The van der Waals surface area contributed by atoms with Gasteiger partial charge in [-0.15, -0.1) is 0 Å². The highest BCUT2D eigenvalue weighted by molar-refractivity contribution is 6.05. The number of fused-ring (bicyclic) bond motifs is 1. The summed E-state index contributed by atoms with van der Waals surface area (Å²) >= 11 is 0. The summed E-state index contributed by atoms with van der Waals surface area (Å²) in [6, 6.07) is 23.2. The predicted octanol–water partition coefficient (Wildman–Crippen LogP) is 5.59. The molecular weight excluding hydrogens is 402 g/mol. The van der Waals surface area contributed by atoms with E-state index in [1.54, 1.807) is 4.90 Å². The number of hydrogen-bond acceptors (Lipinski definition) is 4. The highest BCUT2D eigenvalue weighted by Crippen LogP contribution is 2.44. The highest BCUT2D eigenvalue weighted by atomic mass is 16.7. The van der Waals surface area contributed by atoms with Crippen molar-refractivity contribution in [3.8, 4) is 11.5 Å². The second kappa shape index (κ2) is 8.08. The van der Waals surface area contributed by atoms with E-state index in [-0.39, 0.29) is 18.5 Å². The van der Waals surface area contributed by atoms with Crippen LogP contribution in [0.3, 0.4) is 0 Å². The van der Waals surface area contributed by atoms with Crippen molar-refractivity contribution in [3.05, 3.63) is 101 Å². The van der Waals surface area contributed by atoms with Crippen LogP contribution in [0.4, 0.5) is 0 Å². The van der Waals surface area contributed by atoms with Crippen LogP contribution in [0.2, 0.25) is 0 Å². The Balaban J connectivity index is 1.56. The molecule has 2 aliphatic heterocycles. The SMILES string of the molecule is CC(C)c1ccc([C@@H]2C(c3ccccc3)=C(O)C(=O)N2Cc2ccc3c(c2)OCO3)cc1. The van der Waals surface area contributed by atoms with Crippen molar-refractivity contribution >= 4 is 11.5 Å². The van der Waals surface area contributed by atoms with E-state index in [2.05, 4.69) is 38.1 Å². The van der Waals surface area contributed by atoms with E-state index in [1.807, 2.05) is 48.5 Å². The standard InChI is InChI=1S/C27H25NO4/c1-17(2)19-9-11-21(12-10-19)25-24(20-6-4-3-5-7-20)26(29)27(30)28(25)15-18-8-13-22-23(14-18)32-16-31-22/h3-14,17,25,29H,15-16H2,1-2H3/t25-/m1/s1. The third-order valence-corrected chi connectivity index (χ3v) is 6.10. The smallest absolute Gasteiger partial charge is 0.290 e. The van der Waals surface area contributed by atoms with Crippen molar-refractivity contribution in [1.82, 2.24) is 4.90 Å². The zero-order chi connectivity index (χ0) is 22.2. The maximum Gasteiger partial charge on any atom is 0.290 e. The fraction of sp³-hybridized carbons (Fsp3) is 0.222. The Morgan fingerprint density at radius 2 is 1.69 bits per heavy atom. The lowest BCUT2D eigenvalue weighted by atomic mass is 9.91. The van der Waals surface area contributed by atoms with E-state index in [9.17, 15) is 9.90 Å². The number of benzene rings is 3. The first-order valence-corrected chi connectivity index (χ1v) is 10.8. The maximum absolute atomic E-state index is 13.2. The van der Waals surface area contributed by atoms with Gasteiger partial charge in [-0.2, -0.15) is 0 Å². The number of nitrogens with zero attached hydrogens (tertiary/aromatic N) is 1. The van der Waals surface area contributed by atoms with Gasteiger partial charge in [0, 0.05) is 12.1 Å². The van der Waals surface area contributed by atoms with Crippen LogP contribution in [0.1, 0.15) is 48.1 Å². The van der Waals surface area contributed by atoms with Crippen molar-refractivity contribution < 1.29 is 19.4 Å². The molecule has 162 valence electrons. The van der Waals surface area contributed by atoms with Gasteiger partial charge in [0.15, 0.2) is 17.3 Å². The van der Waals surface area contributed by atoms with Crippen LogP contribution in [-0.2, 0) is 11.3 Å². The first kappa shape index (κ1) is 20.2. The molecule has 1 amide bonds. The molecule has 0 radical (unpaired) electrons. The average molecular weight is 428 g/mol. The molecule has 0 fully saturated rings. The molecule has 1 atom stereocenters. The van der Waals surface area contributed by atoms with Gasteiger partial charge in [0.25, 0.3) is 5.91 Å². The summed E-state index contributed by atoms with van der Waals surface area (Å²) in [6.07, 6.45) is 0. The summed E-state index contributed by atoms with van der Waals surface area (Å²) in [6.45, 7) is 4.85.